The lowest BCUT2D eigenvalue weighted by Gasteiger charge is -2.46. The van der Waals surface area contributed by atoms with Crippen LogP contribution in [0.2, 0.25) is 0 Å². The highest BCUT2D eigenvalue weighted by atomic mass is 35.5. The number of carboxylic acids is 1. The Morgan fingerprint density at radius 2 is 1.48 bits per heavy atom. The second kappa shape index (κ2) is 15.3. The third kappa shape index (κ3) is 9.69. The van der Waals surface area contributed by atoms with E-state index in [1.165, 1.54) is 17.7 Å². The van der Waals surface area contributed by atoms with Crippen LogP contribution in [0.3, 0.4) is 0 Å². The molecule has 3 aromatic rings. The molecular formula is C34H39ClF3NO5. The van der Waals surface area contributed by atoms with E-state index in [1.807, 2.05) is 24.3 Å². The zero-order valence-corrected chi connectivity index (χ0v) is 25.4. The van der Waals surface area contributed by atoms with E-state index in [1.54, 1.807) is 0 Å². The minimum Gasteiger partial charge on any atom is -0.489 e. The van der Waals surface area contributed by atoms with Crippen molar-refractivity contribution in [2.75, 3.05) is 19.7 Å². The molecule has 2 saturated heterocycles. The molecule has 0 bridgehead atoms. The van der Waals surface area contributed by atoms with Gasteiger partial charge in [-0.25, -0.2) is 0 Å². The number of alkyl halides is 3. The Kier molecular flexibility index (Phi) is 11.7. The number of aryl methyl sites for hydroxylation is 1. The van der Waals surface area contributed by atoms with Crippen molar-refractivity contribution < 1.29 is 37.3 Å². The molecule has 0 radical (unpaired) electrons. The molecule has 2 heterocycles. The molecule has 0 saturated carbocycles. The molecule has 2 fully saturated rings. The minimum absolute atomic E-state index is 0. The number of piperidine rings is 1. The minimum atomic E-state index is -4.33. The number of hydrogen-bond donors (Lipinski definition) is 1. The highest BCUT2D eigenvalue weighted by Gasteiger charge is 2.40. The van der Waals surface area contributed by atoms with Crippen molar-refractivity contribution in [2.45, 2.75) is 76.2 Å². The number of halogens is 4. The van der Waals surface area contributed by atoms with Crippen molar-refractivity contribution in [3.63, 3.8) is 0 Å². The summed E-state index contributed by atoms with van der Waals surface area (Å²) in [6, 6.07) is 21.2. The van der Waals surface area contributed by atoms with Crippen LogP contribution >= 0.6 is 12.4 Å². The molecule has 1 spiro atoms. The summed E-state index contributed by atoms with van der Waals surface area (Å²) in [5, 5.41) is 8.82. The number of ether oxygens (including phenoxy) is 3. The Hall–Kier alpha value is -3.11. The lowest BCUT2D eigenvalue weighted by molar-refractivity contribution is -0.158. The Labute approximate surface area is 262 Å². The second-order valence-corrected chi connectivity index (χ2v) is 11.6. The Morgan fingerprint density at radius 3 is 2.11 bits per heavy atom. The molecule has 6 nitrogen and oxygen atoms in total. The summed E-state index contributed by atoms with van der Waals surface area (Å²) in [4.78, 5) is 13.2. The van der Waals surface area contributed by atoms with Gasteiger partial charge in [0.05, 0.1) is 23.9 Å². The summed E-state index contributed by atoms with van der Waals surface area (Å²) in [7, 11) is 0. The van der Waals surface area contributed by atoms with Crippen molar-refractivity contribution in [2.24, 2.45) is 0 Å². The van der Waals surface area contributed by atoms with Gasteiger partial charge in [-0.05, 0) is 72.2 Å². The standard InChI is InChI=1S/C34H38F3NO5.ClH/c35-34(36,37)29-10-5-28(6-11-29)24-42-31-15-20-43-33(21-31)16-18-38(19-17-33)22-26-1-3-27(4-2-26)23-41-30-12-7-25(8-13-30)9-14-32(39)40;/h1-8,10-13,31H,9,14-24H2,(H,39,40);1H. The van der Waals surface area contributed by atoms with Gasteiger partial charge in [0.25, 0.3) is 0 Å². The highest BCUT2D eigenvalue weighted by molar-refractivity contribution is 5.85. The maximum atomic E-state index is 12.8. The van der Waals surface area contributed by atoms with E-state index in [-0.39, 0.29) is 30.5 Å². The van der Waals surface area contributed by atoms with Crippen LogP contribution < -0.4 is 4.74 Å². The van der Waals surface area contributed by atoms with Gasteiger partial charge >= 0.3 is 12.1 Å². The molecule has 10 heteroatoms. The molecule has 1 N–H and O–H groups in total. The van der Waals surface area contributed by atoms with Crippen molar-refractivity contribution in [1.29, 1.82) is 0 Å². The predicted octanol–water partition coefficient (Wildman–Crippen LogP) is 7.45. The highest BCUT2D eigenvalue weighted by Crippen LogP contribution is 2.37. The number of carboxylic acid groups (broad SMARTS) is 1. The maximum absolute atomic E-state index is 12.8. The fourth-order valence-electron chi connectivity index (χ4n) is 5.77. The molecule has 44 heavy (non-hydrogen) atoms. The van der Waals surface area contributed by atoms with Gasteiger partial charge in [-0.1, -0.05) is 48.5 Å². The van der Waals surface area contributed by atoms with E-state index < -0.39 is 17.7 Å². The van der Waals surface area contributed by atoms with Crippen LogP contribution in [-0.2, 0) is 46.6 Å². The first kappa shape index (κ1) is 33.8. The molecule has 2 aliphatic rings. The SMILES string of the molecule is Cl.O=C(O)CCc1ccc(OCc2ccc(CN3CCC4(CC3)CC(OCc3ccc(C(F)(F)F)cc3)CCO4)cc2)cc1. The normalized spacial score (nSPS) is 18.5. The molecule has 5 rings (SSSR count). The number of likely N-dealkylation sites (tertiary alicyclic amines) is 1. The van der Waals surface area contributed by atoms with E-state index in [0.717, 1.165) is 79.9 Å². The van der Waals surface area contributed by atoms with Gasteiger partial charge in [-0.2, -0.15) is 13.2 Å². The Morgan fingerprint density at radius 1 is 0.886 bits per heavy atom. The summed E-state index contributed by atoms with van der Waals surface area (Å²) in [5.41, 5.74) is 3.19. The van der Waals surface area contributed by atoms with Crippen molar-refractivity contribution >= 4 is 18.4 Å². The Bertz CT molecular complexity index is 1330. The number of benzene rings is 3. The van der Waals surface area contributed by atoms with Crippen LogP contribution in [0.25, 0.3) is 0 Å². The lowest BCUT2D eigenvalue weighted by Crippen LogP contribution is -2.50. The van der Waals surface area contributed by atoms with Crippen LogP contribution in [0.1, 0.15) is 59.9 Å². The quantitative estimate of drug-likeness (QED) is 0.237. The molecule has 1 atom stereocenters. The zero-order chi connectivity index (χ0) is 30.3. The number of carbonyl (C=O) groups is 1. The van der Waals surface area contributed by atoms with Crippen LogP contribution in [0.4, 0.5) is 13.2 Å². The van der Waals surface area contributed by atoms with E-state index >= 15 is 0 Å². The topological polar surface area (TPSA) is 68.2 Å². The fourth-order valence-corrected chi connectivity index (χ4v) is 5.77. The van der Waals surface area contributed by atoms with Gasteiger partial charge < -0.3 is 19.3 Å². The van der Waals surface area contributed by atoms with Crippen molar-refractivity contribution in [1.82, 2.24) is 4.90 Å². The third-order valence-electron chi connectivity index (χ3n) is 8.37. The van der Waals surface area contributed by atoms with Gasteiger partial charge in [0.2, 0.25) is 0 Å². The van der Waals surface area contributed by atoms with E-state index in [9.17, 15) is 18.0 Å². The first-order valence-electron chi connectivity index (χ1n) is 14.8. The number of hydrogen-bond acceptors (Lipinski definition) is 5. The average Bonchev–Trinajstić information content (AvgIpc) is 3.00. The van der Waals surface area contributed by atoms with Crippen molar-refractivity contribution in [3.05, 3.63) is 101 Å². The van der Waals surface area contributed by atoms with Crippen LogP contribution in [0, 0.1) is 0 Å². The van der Waals surface area contributed by atoms with E-state index in [2.05, 4.69) is 29.2 Å². The van der Waals surface area contributed by atoms with Gasteiger partial charge in [0.1, 0.15) is 12.4 Å². The third-order valence-corrected chi connectivity index (χ3v) is 8.37. The predicted molar refractivity (Wildman–Crippen MR) is 163 cm³/mol. The summed E-state index contributed by atoms with van der Waals surface area (Å²) in [6.45, 7) is 4.12. The molecular weight excluding hydrogens is 595 g/mol. The number of rotatable bonds is 11. The second-order valence-electron chi connectivity index (χ2n) is 11.6. The van der Waals surface area contributed by atoms with Gasteiger partial charge in [-0.15, -0.1) is 12.4 Å². The zero-order valence-electron chi connectivity index (χ0n) is 24.6. The van der Waals surface area contributed by atoms with E-state index in [4.69, 9.17) is 19.3 Å². The molecule has 0 aromatic heterocycles. The van der Waals surface area contributed by atoms with Gasteiger partial charge in [0.15, 0.2) is 0 Å². The molecule has 238 valence electrons. The van der Waals surface area contributed by atoms with E-state index in [0.29, 0.717) is 26.2 Å². The smallest absolute Gasteiger partial charge is 0.416 e. The first-order valence-corrected chi connectivity index (χ1v) is 14.8. The van der Waals surface area contributed by atoms with Crippen LogP contribution in [0.15, 0.2) is 72.8 Å². The Balaban J connectivity index is 0.00000442. The summed E-state index contributed by atoms with van der Waals surface area (Å²) in [6.07, 6.45) is -0.227. The van der Waals surface area contributed by atoms with Crippen molar-refractivity contribution in [3.8, 4) is 5.75 Å². The summed E-state index contributed by atoms with van der Waals surface area (Å²) in [5.74, 6) is -0.0489. The summed E-state index contributed by atoms with van der Waals surface area (Å²) < 4.78 is 56.8. The first-order chi connectivity index (χ1) is 20.7. The molecule has 0 amide bonds. The van der Waals surface area contributed by atoms with Crippen LogP contribution in [-0.4, -0.2) is 47.4 Å². The summed E-state index contributed by atoms with van der Waals surface area (Å²) >= 11 is 0. The average molecular weight is 634 g/mol. The molecule has 3 aromatic carbocycles. The maximum Gasteiger partial charge on any atom is 0.416 e. The lowest BCUT2D eigenvalue weighted by atomic mass is 9.83. The number of aliphatic carboxylic acids is 1. The molecule has 1 unspecified atom stereocenters. The number of nitrogens with zero attached hydrogens (tertiary/aromatic N) is 1. The monoisotopic (exact) mass is 633 g/mol. The molecule has 2 aliphatic heterocycles. The van der Waals surface area contributed by atoms with Gasteiger partial charge in [0, 0.05) is 39.1 Å². The van der Waals surface area contributed by atoms with Crippen LogP contribution in [0.5, 0.6) is 5.75 Å². The fraction of sp³-hybridized carbons (Fsp3) is 0.441. The molecule has 0 aliphatic carbocycles. The van der Waals surface area contributed by atoms with Gasteiger partial charge in [-0.3, -0.25) is 9.69 Å². The largest absolute Gasteiger partial charge is 0.489 e.